The van der Waals surface area contributed by atoms with Crippen LogP contribution in [-0.2, 0) is 6.42 Å². The summed E-state index contributed by atoms with van der Waals surface area (Å²) in [6.07, 6.45) is 0.899. The molecule has 0 aliphatic heterocycles. The SMILES string of the molecule is CCC(C)(CO)Cc1c(F)cccc1F. The summed E-state index contributed by atoms with van der Waals surface area (Å²) in [5.41, 5.74) is -0.390. The van der Waals surface area contributed by atoms with Crippen LogP contribution in [0, 0.1) is 17.0 Å². The fourth-order valence-electron chi connectivity index (χ4n) is 1.42. The number of halogens is 2. The van der Waals surface area contributed by atoms with Gasteiger partial charge in [-0.3, -0.25) is 0 Å². The predicted molar refractivity (Wildman–Crippen MR) is 55.5 cm³/mol. The molecule has 0 spiro atoms. The minimum atomic E-state index is -0.539. The third-order valence-corrected chi connectivity index (χ3v) is 2.90. The molecule has 1 aromatic rings. The summed E-state index contributed by atoms with van der Waals surface area (Å²) in [6, 6.07) is 3.83. The predicted octanol–water partition coefficient (Wildman–Crippen LogP) is 2.92. The minimum Gasteiger partial charge on any atom is -0.396 e. The van der Waals surface area contributed by atoms with Crippen molar-refractivity contribution >= 4 is 0 Å². The van der Waals surface area contributed by atoms with Gasteiger partial charge in [-0.1, -0.05) is 19.9 Å². The van der Waals surface area contributed by atoms with Crippen molar-refractivity contribution in [2.45, 2.75) is 26.7 Å². The maximum absolute atomic E-state index is 13.3. The molecular weight excluding hydrogens is 198 g/mol. The van der Waals surface area contributed by atoms with E-state index in [1.165, 1.54) is 18.2 Å². The van der Waals surface area contributed by atoms with Gasteiger partial charge in [0, 0.05) is 12.2 Å². The molecule has 3 heteroatoms. The molecule has 1 aromatic carbocycles. The van der Waals surface area contributed by atoms with Crippen LogP contribution < -0.4 is 0 Å². The van der Waals surface area contributed by atoms with Crippen molar-refractivity contribution in [1.82, 2.24) is 0 Å². The minimum absolute atomic E-state index is 0.0656. The van der Waals surface area contributed by atoms with Gasteiger partial charge < -0.3 is 5.11 Å². The fraction of sp³-hybridized carbons (Fsp3) is 0.500. The van der Waals surface area contributed by atoms with Gasteiger partial charge in [0.2, 0.25) is 0 Å². The highest BCUT2D eigenvalue weighted by atomic mass is 19.1. The Hall–Kier alpha value is -0.960. The average molecular weight is 214 g/mol. The summed E-state index contributed by atoms with van der Waals surface area (Å²) in [7, 11) is 0. The zero-order chi connectivity index (χ0) is 11.5. The summed E-state index contributed by atoms with van der Waals surface area (Å²) in [4.78, 5) is 0. The standard InChI is InChI=1S/C12H16F2O/c1-3-12(2,8-15)7-9-10(13)5-4-6-11(9)14/h4-6,15H,3,7-8H2,1-2H3. The van der Waals surface area contributed by atoms with Gasteiger partial charge in [0.05, 0.1) is 0 Å². The third kappa shape index (κ3) is 2.75. The van der Waals surface area contributed by atoms with Gasteiger partial charge in [0.25, 0.3) is 0 Å². The van der Waals surface area contributed by atoms with E-state index in [1.54, 1.807) is 0 Å². The van der Waals surface area contributed by atoms with Crippen molar-refractivity contribution in [3.63, 3.8) is 0 Å². The summed E-state index contributed by atoms with van der Waals surface area (Å²) in [6.45, 7) is 3.64. The number of rotatable bonds is 4. The summed E-state index contributed by atoms with van der Waals surface area (Å²) < 4.78 is 26.7. The zero-order valence-corrected chi connectivity index (χ0v) is 9.06. The number of hydrogen-bond acceptors (Lipinski definition) is 1. The van der Waals surface area contributed by atoms with Crippen LogP contribution in [0.4, 0.5) is 8.78 Å². The maximum Gasteiger partial charge on any atom is 0.129 e. The van der Waals surface area contributed by atoms with Gasteiger partial charge in [-0.25, -0.2) is 8.78 Å². The van der Waals surface area contributed by atoms with Gasteiger partial charge in [-0.2, -0.15) is 0 Å². The molecule has 1 N–H and O–H groups in total. The van der Waals surface area contributed by atoms with Crippen LogP contribution in [0.25, 0.3) is 0 Å². The Kier molecular flexibility index (Phi) is 3.80. The van der Waals surface area contributed by atoms with Gasteiger partial charge in [0.1, 0.15) is 11.6 Å². The molecule has 1 nitrogen and oxygen atoms in total. The Labute approximate surface area is 88.7 Å². The smallest absolute Gasteiger partial charge is 0.129 e. The van der Waals surface area contributed by atoms with Crippen LogP contribution in [0.1, 0.15) is 25.8 Å². The van der Waals surface area contributed by atoms with E-state index in [0.29, 0.717) is 6.42 Å². The number of hydrogen-bond donors (Lipinski definition) is 1. The van der Waals surface area contributed by atoms with Crippen molar-refractivity contribution in [3.8, 4) is 0 Å². The van der Waals surface area contributed by atoms with Crippen LogP contribution in [-0.4, -0.2) is 11.7 Å². The highest BCUT2D eigenvalue weighted by molar-refractivity contribution is 5.21. The Morgan fingerprint density at radius 3 is 2.20 bits per heavy atom. The van der Waals surface area contributed by atoms with Crippen molar-refractivity contribution < 1.29 is 13.9 Å². The van der Waals surface area contributed by atoms with E-state index >= 15 is 0 Å². The van der Waals surface area contributed by atoms with Gasteiger partial charge >= 0.3 is 0 Å². The topological polar surface area (TPSA) is 20.2 Å². The Bertz CT molecular complexity index is 312. The molecule has 0 aliphatic carbocycles. The van der Waals surface area contributed by atoms with Crippen LogP contribution >= 0.6 is 0 Å². The first-order valence-corrected chi connectivity index (χ1v) is 5.06. The molecule has 0 saturated heterocycles. The molecule has 15 heavy (non-hydrogen) atoms. The van der Waals surface area contributed by atoms with Gasteiger partial charge in [-0.05, 0) is 30.4 Å². The van der Waals surface area contributed by atoms with Crippen LogP contribution in [0.5, 0.6) is 0 Å². The average Bonchev–Trinajstić information content (AvgIpc) is 2.23. The zero-order valence-electron chi connectivity index (χ0n) is 9.06. The highest BCUT2D eigenvalue weighted by Crippen LogP contribution is 2.28. The Balaban J connectivity index is 2.98. The van der Waals surface area contributed by atoms with Crippen LogP contribution in [0.3, 0.4) is 0 Å². The number of aliphatic hydroxyl groups excluding tert-OH is 1. The maximum atomic E-state index is 13.3. The lowest BCUT2D eigenvalue weighted by Gasteiger charge is -2.25. The lowest BCUT2D eigenvalue weighted by atomic mass is 9.82. The molecule has 1 unspecified atom stereocenters. The molecule has 1 rings (SSSR count). The van der Waals surface area contributed by atoms with E-state index in [4.69, 9.17) is 0 Å². The first-order valence-electron chi connectivity index (χ1n) is 5.06. The summed E-state index contributed by atoms with van der Waals surface area (Å²) >= 11 is 0. The first kappa shape index (κ1) is 12.1. The molecule has 1 atom stereocenters. The third-order valence-electron chi connectivity index (χ3n) is 2.90. The van der Waals surface area contributed by atoms with E-state index in [0.717, 1.165) is 0 Å². The largest absolute Gasteiger partial charge is 0.396 e. The molecule has 0 bridgehead atoms. The first-order chi connectivity index (χ1) is 7.02. The molecule has 0 aromatic heterocycles. The van der Waals surface area contributed by atoms with E-state index < -0.39 is 17.0 Å². The Morgan fingerprint density at radius 1 is 1.27 bits per heavy atom. The molecule has 0 radical (unpaired) electrons. The summed E-state index contributed by atoms with van der Waals surface area (Å²) in [5, 5.41) is 9.18. The van der Waals surface area contributed by atoms with Crippen LogP contribution in [0.2, 0.25) is 0 Å². The highest BCUT2D eigenvalue weighted by Gasteiger charge is 2.24. The van der Waals surface area contributed by atoms with Gasteiger partial charge in [-0.15, -0.1) is 0 Å². The molecule has 0 heterocycles. The normalized spacial score (nSPS) is 15.0. The fourth-order valence-corrected chi connectivity index (χ4v) is 1.42. The van der Waals surface area contributed by atoms with Crippen molar-refractivity contribution in [3.05, 3.63) is 35.4 Å². The van der Waals surface area contributed by atoms with Crippen molar-refractivity contribution in [2.24, 2.45) is 5.41 Å². The molecule has 0 fully saturated rings. The molecular formula is C12H16F2O. The molecule has 0 amide bonds. The monoisotopic (exact) mass is 214 g/mol. The number of benzene rings is 1. The quantitative estimate of drug-likeness (QED) is 0.817. The second-order valence-electron chi connectivity index (χ2n) is 4.20. The molecule has 0 saturated carbocycles. The van der Waals surface area contributed by atoms with E-state index in [2.05, 4.69) is 0 Å². The van der Waals surface area contributed by atoms with E-state index in [9.17, 15) is 13.9 Å². The molecule has 84 valence electrons. The number of aliphatic hydroxyl groups is 1. The summed E-state index contributed by atoms with van der Waals surface area (Å²) in [5.74, 6) is -1.08. The van der Waals surface area contributed by atoms with Crippen molar-refractivity contribution in [1.29, 1.82) is 0 Å². The second-order valence-corrected chi connectivity index (χ2v) is 4.20. The second kappa shape index (κ2) is 4.71. The van der Waals surface area contributed by atoms with E-state index in [-0.39, 0.29) is 18.6 Å². The van der Waals surface area contributed by atoms with Gasteiger partial charge in [0.15, 0.2) is 0 Å². The lowest BCUT2D eigenvalue weighted by molar-refractivity contribution is 0.135. The molecule has 0 aliphatic rings. The Morgan fingerprint density at radius 2 is 1.80 bits per heavy atom. The van der Waals surface area contributed by atoms with Crippen molar-refractivity contribution in [2.75, 3.05) is 6.61 Å². The van der Waals surface area contributed by atoms with E-state index in [1.807, 2.05) is 13.8 Å². The van der Waals surface area contributed by atoms with Crippen LogP contribution in [0.15, 0.2) is 18.2 Å². The lowest BCUT2D eigenvalue weighted by Crippen LogP contribution is -2.24.